The van der Waals surface area contributed by atoms with Gasteiger partial charge in [0.1, 0.15) is 6.10 Å². The molecule has 1 atom stereocenters. The van der Waals surface area contributed by atoms with Crippen LogP contribution in [0.5, 0.6) is 0 Å². The van der Waals surface area contributed by atoms with Gasteiger partial charge in [0.15, 0.2) is 0 Å². The van der Waals surface area contributed by atoms with Gasteiger partial charge in [-0.2, -0.15) is 0 Å². The van der Waals surface area contributed by atoms with Crippen molar-refractivity contribution in [3.8, 4) is 0 Å². The van der Waals surface area contributed by atoms with Gasteiger partial charge in [0.2, 0.25) is 0 Å². The van der Waals surface area contributed by atoms with Crippen LogP contribution in [0.3, 0.4) is 0 Å². The number of benzene rings is 1. The molecule has 0 saturated heterocycles. The van der Waals surface area contributed by atoms with Gasteiger partial charge in [0, 0.05) is 28.4 Å². The smallest absolute Gasteiger partial charge is 0.251 e. The number of fused-ring (bicyclic) bond motifs is 1. The van der Waals surface area contributed by atoms with E-state index in [9.17, 15) is 4.79 Å². The highest BCUT2D eigenvalue weighted by atomic mass is 35.5. The molecule has 1 N–H and O–H groups in total. The van der Waals surface area contributed by atoms with E-state index in [0.717, 1.165) is 13.0 Å². The van der Waals surface area contributed by atoms with Crippen molar-refractivity contribution in [2.75, 3.05) is 13.2 Å². The minimum atomic E-state index is -0.104. The molecule has 1 aromatic heterocycles. The fourth-order valence-corrected chi connectivity index (χ4v) is 3.32. The van der Waals surface area contributed by atoms with Crippen LogP contribution in [-0.4, -0.2) is 19.1 Å². The lowest BCUT2D eigenvalue weighted by molar-refractivity contribution is 0.0423. The summed E-state index contributed by atoms with van der Waals surface area (Å²) in [4.78, 5) is 13.4. The zero-order valence-electron chi connectivity index (χ0n) is 10.8. The number of halogens is 1. The van der Waals surface area contributed by atoms with E-state index >= 15 is 0 Å². The van der Waals surface area contributed by atoms with Gasteiger partial charge in [0.05, 0.1) is 6.61 Å². The molecule has 3 nitrogen and oxygen atoms in total. The third kappa shape index (κ3) is 2.87. The second kappa shape index (κ2) is 5.95. The van der Waals surface area contributed by atoms with Gasteiger partial charge < -0.3 is 10.1 Å². The van der Waals surface area contributed by atoms with Gasteiger partial charge >= 0.3 is 0 Å². The lowest BCUT2D eigenvalue weighted by atomic mass is 10.1. The number of ether oxygens (including phenoxy) is 1. The minimum Gasteiger partial charge on any atom is -0.371 e. The third-order valence-corrected chi connectivity index (χ3v) is 4.58. The normalized spacial score (nSPS) is 17.6. The Hall–Kier alpha value is -1.36. The summed E-state index contributed by atoms with van der Waals surface area (Å²) in [6.45, 7) is 1.21. The Morgan fingerprint density at radius 3 is 2.95 bits per heavy atom. The first-order valence-corrected chi connectivity index (χ1v) is 7.71. The quantitative estimate of drug-likeness (QED) is 0.943. The molecule has 0 bridgehead atoms. The molecule has 1 aliphatic heterocycles. The van der Waals surface area contributed by atoms with Crippen LogP contribution in [0.4, 0.5) is 0 Å². The molecule has 2 aromatic rings. The lowest BCUT2D eigenvalue weighted by Crippen LogP contribution is -2.31. The molecular weight excluding hydrogens is 294 g/mol. The second-order valence-corrected chi connectivity index (χ2v) is 6.06. The SMILES string of the molecule is O=C(NC[C@H]1OCCc2sccc21)c1ccc(Cl)cc1. The van der Waals surface area contributed by atoms with E-state index in [2.05, 4.69) is 16.8 Å². The maximum absolute atomic E-state index is 12.0. The highest BCUT2D eigenvalue weighted by molar-refractivity contribution is 7.10. The molecule has 1 aromatic carbocycles. The summed E-state index contributed by atoms with van der Waals surface area (Å²) in [7, 11) is 0. The van der Waals surface area contributed by atoms with Crippen molar-refractivity contribution in [3.63, 3.8) is 0 Å². The van der Waals surface area contributed by atoms with Crippen molar-refractivity contribution in [1.82, 2.24) is 5.32 Å². The van der Waals surface area contributed by atoms with E-state index in [0.29, 0.717) is 17.1 Å². The molecule has 0 unspecified atom stereocenters. The van der Waals surface area contributed by atoms with Crippen LogP contribution < -0.4 is 5.32 Å². The molecule has 3 rings (SSSR count). The Morgan fingerprint density at radius 2 is 2.15 bits per heavy atom. The number of rotatable bonds is 3. The van der Waals surface area contributed by atoms with Crippen LogP contribution in [0, 0.1) is 0 Å². The number of hydrogen-bond donors (Lipinski definition) is 1. The number of nitrogens with one attached hydrogen (secondary N) is 1. The minimum absolute atomic E-state index is 0.0405. The van der Waals surface area contributed by atoms with Crippen LogP contribution in [0.1, 0.15) is 26.9 Å². The fourth-order valence-electron chi connectivity index (χ4n) is 2.28. The van der Waals surface area contributed by atoms with Crippen molar-refractivity contribution >= 4 is 28.8 Å². The Labute approximate surface area is 126 Å². The Kier molecular flexibility index (Phi) is 4.05. The van der Waals surface area contributed by atoms with Crippen LogP contribution in [0.15, 0.2) is 35.7 Å². The van der Waals surface area contributed by atoms with Crippen molar-refractivity contribution in [3.05, 3.63) is 56.7 Å². The van der Waals surface area contributed by atoms with Crippen LogP contribution in [0.2, 0.25) is 5.02 Å². The lowest BCUT2D eigenvalue weighted by Gasteiger charge is -2.23. The summed E-state index contributed by atoms with van der Waals surface area (Å²) >= 11 is 7.56. The predicted molar refractivity (Wildman–Crippen MR) is 80.5 cm³/mol. The Morgan fingerprint density at radius 1 is 1.35 bits per heavy atom. The number of amides is 1. The molecule has 0 aliphatic carbocycles. The molecule has 0 radical (unpaired) electrons. The summed E-state index contributed by atoms with van der Waals surface area (Å²) in [6, 6.07) is 8.94. The maximum atomic E-state index is 12.0. The topological polar surface area (TPSA) is 38.3 Å². The molecule has 1 amide bonds. The predicted octanol–water partition coefficient (Wildman–Crippen LogP) is 3.45. The Balaban J connectivity index is 1.63. The van der Waals surface area contributed by atoms with E-state index in [4.69, 9.17) is 16.3 Å². The van der Waals surface area contributed by atoms with Gasteiger partial charge in [0.25, 0.3) is 5.91 Å². The van der Waals surface area contributed by atoms with E-state index in [-0.39, 0.29) is 12.0 Å². The van der Waals surface area contributed by atoms with Gasteiger partial charge in [-0.15, -0.1) is 11.3 Å². The molecular formula is C15H14ClNO2S. The molecule has 1 aliphatic rings. The highest BCUT2D eigenvalue weighted by Gasteiger charge is 2.22. The van der Waals surface area contributed by atoms with E-state index < -0.39 is 0 Å². The first-order chi connectivity index (χ1) is 9.74. The van der Waals surface area contributed by atoms with E-state index in [1.165, 1.54) is 10.4 Å². The van der Waals surface area contributed by atoms with E-state index in [1.54, 1.807) is 35.6 Å². The second-order valence-electron chi connectivity index (χ2n) is 4.63. The Bertz CT molecular complexity index is 609. The highest BCUT2D eigenvalue weighted by Crippen LogP contribution is 2.30. The van der Waals surface area contributed by atoms with Gasteiger partial charge in [-0.05, 0) is 41.3 Å². The molecule has 104 valence electrons. The number of carbonyl (C=O) groups is 1. The van der Waals surface area contributed by atoms with Crippen molar-refractivity contribution in [1.29, 1.82) is 0 Å². The number of hydrogen-bond acceptors (Lipinski definition) is 3. The molecule has 0 saturated carbocycles. The van der Waals surface area contributed by atoms with Crippen molar-refractivity contribution in [2.24, 2.45) is 0 Å². The molecule has 0 fully saturated rings. The van der Waals surface area contributed by atoms with Gasteiger partial charge in [-0.25, -0.2) is 0 Å². The average Bonchev–Trinajstić information content (AvgIpc) is 2.94. The monoisotopic (exact) mass is 307 g/mol. The zero-order chi connectivity index (χ0) is 13.9. The van der Waals surface area contributed by atoms with Crippen molar-refractivity contribution in [2.45, 2.75) is 12.5 Å². The largest absolute Gasteiger partial charge is 0.371 e. The summed E-state index contributed by atoms with van der Waals surface area (Å²) in [5.74, 6) is -0.104. The molecule has 5 heteroatoms. The number of carbonyl (C=O) groups excluding carboxylic acids is 1. The van der Waals surface area contributed by atoms with Gasteiger partial charge in [-0.1, -0.05) is 11.6 Å². The number of thiophene rings is 1. The third-order valence-electron chi connectivity index (χ3n) is 3.33. The standard InChI is InChI=1S/C15H14ClNO2S/c16-11-3-1-10(2-4-11)15(18)17-9-13-12-6-8-20-14(12)5-7-19-13/h1-4,6,8,13H,5,7,9H2,(H,17,18)/t13-/m1/s1. The van der Waals surface area contributed by atoms with Crippen LogP contribution in [-0.2, 0) is 11.2 Å². The zero-order valence-corrected chi connectivity index (χ0v) is 12.3. The fraction of sp³-hybridized carbons (Fsp3) is 0.267. The molecule has 2 heterocycles. The summed E-state index contributed by atoms with van der Waals surface area (Å²) in [6.07, 6.45) is 0.926. The molecule has 0 spiro atoms. The van der Waals surface area contributed by atoms with E-state index in [1.807, 2.05) is 0 Å². The van der Waals surface area contributed by atoms with Crippen LogP contribution >= 0.6 is 22.9 Å². The first kappa shape index (κ1) is 13.6. The summed E-state index contributed by atoms with van der Waals surface area (Å²) in [5, 5.41) is 5.62. The first-order valence-electron chi connectivity index (χ1n) is 6.45. The maximum Gasteiger partial charge on any atom is 0.251 e. The summed E-state index contributed by atoms with van der Waals surface area (Å²) in [5.41, 5.74) is 1.81. The van der Waals surface area contributed by atoms with Crippen molar-refractivity contribution < 1.29 is 9.53 Å². The van der Waals surface area contributed by atoms with Crippen LogP contribution in [0.25, 0.3) is 0 Å². The summed E-state index contributed by atoms with van der Waals surface area (Å²) < 4.78 is 5.74. The van der Waals surface area contributed by atoms with Gasteiger partial charge in [-0.3, -0.25) is 4.79 Å². The average molecular weight is 308 g/mol. The molecule has 20 heavy (non-hydrogen) atoms.